The first-order valence-electron chi connectivity index (χ1n) is 3.46. The molecular formula is C6H13N3O. The van der Waals surface area contributed by atoms with Gasteiger partial charge < -0.3 is 5.73 Å². The summed E-state index contributed by atoms with van der Waals surface area (Å²) in [6.45, 7) is 0.413. The molecule has 0 radical (unpaired) electrons. The third-order valence-electron chi connectivity index (χ3n) is 2.31. The van der Waals surface area contributed by atoms with Gasteiger partial charge in [-0.3, -0.25) is 10.2 Å². The van der Waals surface area contributed by atoms with Crippen LogP contribution in [0.1, 0.15) is 19.3 Å². The predicted octanol–water partition coefficient (Wildman–Crippen LogP) is -0.895. The minimum atomic E-state index is -0.325. The van der Waals surface area contributed by atoms with E-state index in [0.717, 1.165) is 19.3 Å². The van der Waals surface area contributed by atoms with Crippen LogP contribution in [0.4, 0.5) is 0 Å². The zero-order valence-corrected chi connectivity index (χ0v) is 5.89. The van der Waals surface area contributed by atoms with Crippen LogP contribution in [0.15, 0.2) is 0 Å². The molecule has 0 aromatic carbocycles. The fraction of sp³-hybridized carbons (Fsp3) is 0.833. The molecule has 1 fully saturated rings. The van der Waals surface area contributed by atoms with E-state index >= 15 is 0 Å². The molecule has 0 heterocycles. The molecule has 0 bridgehead atoms. The Morgan fingerprint density at radius 3 is 2.30 bits per heavy atom. The summed E-state index contributed by atoms with van der Waals surface area (Å²) in [5.74, 6) is 4.88. The maximum atomic E-state index is 11.0. The molecule has 1 saturated carbocycles. The van der Waals surface area contributed by atoms with E-state index in [1.165, 1.54) is 0 Å². The zero-order chi connectivity index (χ0) is 7.61. The molecule has 10 heavy (non-hydrogen) atoms. The van der Waals surface area contributed by atoms with Crippen LogP contribution in [-0.2, 0) is 4.79 Å². The molecule has 4 nitrogen and oxygen atoms in total. The molecule has 5 N–H and O–H groups in total. The second-order valence-electron chi connectivity index (χ2n) is 2.81. The normalized spacial score (nSPS) is 21.4. The van der Waals surface area contributed by atoms with Gasteiger partial charge in [-0.05, 0) is 12.8 Å². The van der Waals surface area contributed by atoms with Crippen molar-refractivity contribution in [1.82, 2.24) is 5.43 Å². The van der Waals surface area contributed by atoms with Crippen molar-refractivity contribution in [2.45, 2.75) is 19.3 Å². The lowest BCUT2D eigenvalue weighted by Crippen LogP contribution is -2.52. The number of nitrogens with one attached hydrogen (secondary N) is 1. The lowest BCUT2D eigenvalue weighted by molar-refractivity contribution is -0.135. The van der Waals surface area contributed by atoms with Crippen molar-refractivity contribution in [3.63, 3.8) is 0 Å². The van der Waals surface area contributed by atoms with E-state index in [2.05, 4.69) is 5.43 Å². The summed E-state index contributed by atoms with van der Waals surface area (Å²) >= 11 is 0. The number of rotatable bonds is 2. The summed E-state index contributed by atoms with van der Waals surface area (Å²) in [6, 6.07) is 0. The van der Waals surface area contributed by atoms with Gasteiger partial charge >= 0.3 is 0 Å². The largest absolute Gasteiger partial charge is 0.329 e. The first kappa shape index (κ1) is 7.50. The smallest absolute Gasteiger partial charge is 0.241 e. The highest BCUT2D eigenvalue weighted by Crippen LogP contribution is 2.39. The Hall–Kier alpha value is -0.610. The van der Waals surface area contributed by atoms with Gasteiger partial charge in [-0.25, -0.2) is 5.84 Å². The summed E-state index contributed by atoms with van der Waals surface area (Å²) in [7, 11) is 0. The molecule has 0 atom stereocenters. The number of carbonyl (C=O) groups excluding carboxylic acids is 1. The summed E-state index contributed by atoms with van der Waals surface area (Å²) < 4.78 is 0. The quantitative estimate of drug-likeness (QED) is 0.266. The topological polar surface area (TPSA) is 81.1 Å². The van der Waals surface area contributed by atoms with E-state index in [-0.39, 0.29) is 11.3 Å². The first-order chi connectivity index (χ1) is 4.75. The van der Waals surface area contributed by atoms with Gasteiger partial charge in [0.25, 0.3) is 0 Å². The fourth-order valence-electron chi connectivity index (χ4n) is 1.28. The zero-order valence-electron chi connectivity index (χ0n) is 5.89. The van der Waals surface area contributed by atoms with E-state index in [9.17, 15) is 4.79 Å². The molecule has 0 aromatic rings. The average Bonchev–Trinajstić information content (AvgIpc) is 1.86. The number of hydrogen-bond donors (Lipinski definition) is 3. The maximum absolute atomic E-state index is 11.0. The lowest BCUT2D eigenvalue weighted by Gasteiger charge is -2.38. The highest BCUT2D eigenvalue weighted by atomic mass is 16.2. The maximum Gasteiger partial charge on any atom is 0.241 e. The Balaban J connectivity index is 2.55. The minimum Gasteiger partial charge on any atom is -0.329 e. The van der Waals surface area contributed by atoms with Crippen molar-refractivity contribution in [1.29, 1.82) is 0 Å². The van der Waals surface area contributed by atoms with Crippen LogP contribution in [0, 0.1) is 5.41 Å². The molecule has 1 rings (SSSR count). The summed E-state index contributed by atoms with van der Waals surface area (Å²) in [5.41, 5.74) is 7.24. The fourth-order valence-corrected chi connectivity index (χ4v) is 1.28. The highest BCUT2D eigenvalue weighted by molar-refractivity contribution is 5.83. The molecule has 0 saturated heterocycles. The Labute approximate surface area is 59.9 Å². The van der Waals surface area contributed by atoms with E-state index in [1.54, 1.807) is 0 Å². The van der Waals surface area contributed by atoms with Gasteiger partial charge in [-0.2, -0.15) is 0 Å². The van der Waals surface area contributed by atoms with Crippen molar-refractivity contribution >= 4 is 5.91 Å². The van der Waals surface area contributed by atoms with Gasteiger partial charge in [0.1, 0.15) is 0 Å². The number of hydrazine groups is 1. The van der Waals surface area contributed by atoms with Crippen LogP contribution < -0.4 is 17.0 Å². The van der Waals surface area contributed by atoms with Crippen molar-refractivity contribution in [3.05, 3.63) is 0 Å². The van der Waals surface area contributed by atoms with Gasteiger partial charge in [0.15, 0.2) is 0 Å². The number of carbonyl (C=O) groups is 1. The molecule has 1 amide bonds. The molecular weight excluding hydrogens is 130 g/mol. The molecule has 1 aliphatic rings. The van der Waals surface area contributed by atoms with Gasteiger partial charge in [0, 0.05) is 6.54 Å². The molecule has 0 aromatic heterocycles. The van der Waals surface area contributed by atoms with Crippen molar-refractivity contribution < 1.29 is 4.79 Å². The Morgan fingerprint density at radius 1 is 1.60 bits per heavy atom. The second kappa shape index (κ2) is 2.56. The van der Waals surface area contributed by atoms with Crippen LogP contribution in [0.3, 0.4) is 0 Å². The standard InChI is InChI=1S/C6H13N3O/c7-4-6(2-1-3-6)5(10)9-8/h1-4,7-8H2,(H,9,10). The van der Waals surface area contributed by atoms with Crippen molar-refractivity contribution in [3.8, 4) is 0 Å². The van der Waals surface area contributed by atoms with Gasteiger partial charge in [0.05, 0.1) is 5.41 Å². The Morgan fingerprint density at radius 2 is 2.20 bits per heavy atom. The SMILES string of the molecule is NCC1(C(=O)NN)CCC1. The Kier molecular flexibility index (Phi) is 1.92. The average molecular weight is 143 g/mol. The summed E-state index contributed by atoms with van der Waals surface area (Å²) in [4.78, 5) is 11.0. The number of amides is 1. The van der Waals surface area contributed by atoms with Crippen LogP contribution in [0.25, 0.3) is 0 Å². The molecule has 0 spiro atoms. The monoisotopic (exact) mass is 143 g/mol. The molecule has 4 heteroatoms. The molecule has 1 aliphatic carbocycles. The van der Waals surface area contributed by atoms with E-state index in [4.69, 9.17) is 11.6 Å². The first-order valence-corrected chi connectivity index (χ1v) is 3.46. The molecule has 0 aliphatic heterocycles. The van der Waals surface area contributed by atoms with Crippen LogP contribution >= 0.6 is 0 Å². The van der Waals surface area contributed by atoms with Gasteiger partial charge in [-0.15, -0.1) is 0 Å². The Bertz CT molecular complexity index is 136. The van der Waals surface area contributed by atoms with Crippen LogP contribution in [0.5, 0.6) is 0 Å². The molecule has 58 valence electrons. The van der Waals surface area contributed by atoms with Crippen molar-refractivity contribution in [2.75, 3.05) is 6.54 Å². The van der Waals surface area contributed by atoms with E-state index in [0.29, 0.717) is 6.54 Å². The van der Waals surface area contributed by atoms with Crippen LogP contribution in [-0.4, -0.2) is 12.5 Å². The lowest BCUT2D eigenvalue weighted by atomic mass is 9.68. The van der Waals surface area contributed by atoms with Crippen molar-refractivity contribution in [2.24, 2.45) is 17.0 Å². The highest BCUT2D eigenvalue weighted by Gasteiger charge is 2.42. The third kappa shape index (κ3) is 0.892. The number of hydrogen-bond acceptors (Lipinski definition) is 3. The third-order valence-corrected chi connectivity index (χ3v) is 2.31. The summed E-state index contributed by atoms with van der Waals surface area (Å²) in [6.07, 6.45) is 2.85. The van der Waals surface area contributed by atoms with Gasteiger partial charge in [-0.1, -0.05) is 6.42 Å². The minimum absolute atomic E-state index is 0.110. The second-order valence-corrected chi connectivity index (χ2v) is 2.81. The van der Waals surface area contributed by atoms with Crippen LogP contribution in [0.2, 0.25) is 0 Å². The number of nitrogens with two attached hydrogens (primary N) is 2. The van der Waals surface area contributed by atoms with E-state index < -0.39 is 0 Å². The summed E-state index contributed by atoms with van der Waals surface area (Å²) in [5, 5.41) is 0. The van der Waals surface area contributed by atoms with Gasteiger partial charge in [0.2, 0.25) is 5.91 Å². The molecule has 0 unspecified atom stereocenters. The van der Waals surface area contributed by atoms with E-state index in [1.807, 2.05) is 0 Å². The predicted molar refractivity (Wildman–Crippen MR) is 37.7 cm³/mol.